The lowest BCUT2D eigenvalue weighted by atomic mass is 10.2. The molecule has 1 heterocycles. The SMILES string of the molecule is CCOC(=O)c1ccc2[nH]c(F)nc2c1Br. The van der Waals surface area contributed by atoms with Crippen LogP contribution in [0, 0.1) is 6.08 Å². The van der Waals surface area contributed by atoms with Crippen LogP contribution in [0.25, 0.3) is 11.0 Å². The molecule has 6 heteroatoms. The highest BCUT2D eigenvalue weighted by Crippen LogP contribution is 2.26. The molecule has 0 amide bonds. The number of imidazole rings is 1. The van der Waals surface area contributed by atoms with Crippen LogP contribution in [0.15, 0.2) is 16.6 Å². The number of esters is 1. The number of fused-ring (bicyclic) bond motifs is 1. The lowest BCUT2D eigenvalue weighted by molar-refractivity contribution is 0.0525. The summed E-state index contributed by atoms with van der Waals surface area (Å²) in [5, 5.41) is 0. The van der Waals surface area contributed by atoms with Gasteiger partial charge >= 0.3 is 5.97 Å². The second kappa shape index (κ2) is 4.21. The molecule has 2 aromatic rings. The van der Waals surface area contributed by atoms with Crippen LogP contribution in [0.5, 0.6) is 0 Å². The molecule has 0 aliphatic carbocycles. The van der Waals surface area contributed by atoms with Gasteiger partial charge in [0.15, 0.2) is 0 Å². The van der Waals surface area contributed by atoms with Gasteiger partial charge < -0.3 is 9.72 Å². The summed E-state index contributed by atoms with van der Waals surface area (Å²) < 4.78 is 18.2. The van der Waals surface area contributed by atoms with Crippen molar-refractivity contribution in [2.24, 2.45) is 0 Å². The largest absolute Gasteiger partial charge is 0.462 e. The van der Waals surface area contributed by atoms with Crippen LogP contribution in [0.4, 0.5) is 4.39 Å². The first-order valence-electron chi connectivity index (χ1n) is 4.64. The minimum Gasteiger partial charge on any atom is -0.462 e. The zero-order chi connectivity index (χ0) is 11.7. The predicted molar refractivity (Wildman–Crippen MR) is 59.7 cm³/mol. The first-order valence-corrected chi connectivity index (χ1v) is 5.43. The lowest BCUT2D eigenvalue weighted by Gasteiger charge is -2.03. The number of rotatable bonds is 2. The molecule has 4 nitrogen and oxygen atoms in total. The number of carbonyl (C=O) groups is 1. The van der Waals surface area contributed by atoms with E-state index in [1.54, 1.807) is 19.1 Å². The summed E-state index contributed by atoms with van der Waals surface area (Å²) in [6, 6.07) is 3.14. The number of halogens is 2. The highest BCUT2D eigenvalue weighted by molar-refractivity contribution is 9.10. The quantitative estimate of drug-likeness (QED) is 0.864. The monoisotopic (exact) mass is 286 g/mol. The molecule has 84 valence electrons. The Morgan fingerprint density at radius 2 is 2.38 bits per heavy atom. The normalized spacial score (nSPS) is 10.7. The van der Waals surface area contributed by atoms with E-state index in [-0.39, 0.29) is 6.61 Å². The molecule has 0 spiro atoms. The first-order chi connectivity index (χ1) is 7.63. The van der Waals surface area contributed by atoms with E-state index in [2.05, 4.69) is 25.9 Å². The Morgan fingerprint density at radius 1 is 1.62 bits per heavy atom. The number of ether oxygens (including phenoxy) is 1. The van der Waals surface area contributed by atoms with Crippen LogP contribution >= 0.6 is 15.9 Å². The third kappa shape index (κ3) is 1.80. The van der Waals surface area contributed by atoms with Crippen LogP contribution < -0.4 is 0 Å². The number of benzene rings is 1. The molecule has 0 aliphatic rings. The van der Waals surface area contributed by atoms with Gasteiger partial charge in [0.2, 0.25) is 0 Å². The summed E-state index contributed by atoms with van der Waals surface area (Å²) in [5.41, 5.74) is 1.24. The lowest BCUT2D eigenvalue weighted by Crippen LogP contribution is -2.05. The molecule has 0 aliphatic heterocycles. The molecule has 0 unspecified atom stereocenters. The number of hydrogen-bond acceptors (Lipinski definition) is 3. The van der Waals surface area contributed by atoms with Gasteiger partial charge in [0, 0.05) is 0 Å². The Hall–Kier alpha value is -1.43. The highest BCUT2D eigenvalue weighted by Gasteiger charge is 2.15. The van der Waals surface area contributed by atoms with Crippen molar-refractivity contribution in [3.63, 3.8) is 0 Å². The molecular weight excluding hydrogens is 279 g/mol. The standard InChI is InChI=1S/C10H8BrFN2O2/c1-2-16-9(15)5-3-4-6-8(7(5)11)14-10(12)13-6/h3-4H,2H2,1H3,(H,13,14). The molecule has 16 heavy (non-hydrogen) atoms. The Bertz CT molecular complexity index is 553. The maximum absolute atomic E-state index is 12.9. The maximum Gasteiger partial charge on any atom is 0.339 e. The van der Waals surface area contributed by atoms with Gasteiger partial charge in [-0.2, -0.15) is 4.39 Å². The van der Waals surface area contributed by atoms with Gasteiger partial charge in [0.05, 0.1) is 22.2 Å². The number of hydrogen-bond donors (Lipinski definition) is 1. The number of aromatic amines is 1. The Kier molecular flexibility index (Phi) is 2.91. The second-order valence-corrected chi connectivity index (χ2v) is 3.86. The summed E-state index contributed by atoms with van der Waals surface area (Å²) in [5.74, 6) is -0.459. The Labute approximate surface area is 98.9 Å². The minimum absolute atomic E-state index is 0.290. The summed E-state index contributed by atoms with van der Waals surface area (Å²) in [6.45, 7) is 2.01. The molecule has 1 N–H and O–H groups in total. The van der Waals surface area contributed by atoms with Crippen LogP contribution in [0.3, 0.4) is 0 Å². The van der Waals surface area contributed by atoms with Crippen LogP contribution in [0.1, 0.15) is 17.3 Å². The van der Waals surface area contributed by atoms with E-state index in [0.717, 1.165) is 0 Å². The molecule has 1 aromatic carbocycles. The van der Waals surface area contributed by atoms with Crippen LogP contribution in [0.2, 0.25) is 0 Å². The summed E-state index contributed by atoms with van der Waals surface area (Å²) in [4.78, 5) is 17.6. The van der Waals surface area contributed by atoms with Crippen molar-refractivity contribution in [2.75, 3.05) is 6.61 Å². The molecule has 0 saturated carbocycles. The molecule has 0 atom stereocenters. The summed E-state index contributed by atoms with van der Waals surface area (Å²) >= 11 is 3.22. The van der Waals surface area contributed by atoms with Gasteiger partial charge in [-0.3, -0.25) is 0 Å². The summed E-state index contributed by atoms with van der Waals surface area (Å²) in [7, 11) is 0. The Morgan fingerprint density at radius 3 is 3.06 bits per heavy atom. The topological polar surface area (TPSA) is 55.0 Å². The molecule has 0 saturated heterocycles. The van der Waals surface area contributed by atoms with Gasteiger partial charge in [-0.05, 0) is 35.0 Å². The summed E-state index contributed by atoms with van der Waals surface area (Å²) in [6.07, 6.45) is -0.684. The van der Waals surface area contributed by atoms with E-state index in [9.17, 15) is 9.18 Å². The van der Waals surface area contributed by atoms with Crippen molar-refractivity contribution in [1.29, 1.82) is 0 Å². The Balaban J connectivity index is 2.55. The molecular formula is C10H8BrFN2O2. The number of nitrogens with zero attached hydrogens (tertiary/aromatic N) is 1. The zero-order valence-corrected chi connectivity index (χ0v) is 9.97. The van der Waals surface area contributed by atoms with Crippen molar-refractivity contribution in [2.45, 2.75) is 6.92 Å². The maximum atomic E-state index is 12.9. The van der Waals surface area contributed by atoms with Crippen LogP contribution in [-0.4, -0.2) is 22.5 Å². The fourth-order valence-corrected chi connectivity index (χ4v) is 1.97. The molecule has 1 aromatic heterocycles. The zero-order valence-electron chi connectivity index (χ0n) is 8.38. The minimum atomic E-state index is -0.684. The van der Waals surface area contributed by atoms with Crippen molar-refractivity contribution in [1.82, 2.24) is 9.97 Å². The molecule has 0 radical (unpaired) electrons. The highest BCUT2D eigenvalue weighted by atomic mass is 79.9. The van der Waals surface area contributed by atoms with E-state index >= 15 is 0 Å². The first kappa shape index (κ1) is 11.1. The number of aromatic nitrogens is 2. The van der Waals surface area contributed by atoms with E-state index in [1.807, 2.05) is 0 Å². The van der Waals surface area contributed by atoms with Gasteiger partial charge in [-0.15, -0.1) is 0 Å². The van der Waals surface area contributed by atoms with Crippen molar-refractivity contribution >= 4 is 32.9 Å². The third-order valence-corrected chi connectivity index (χ3v) is 2.86. The fraction of sp³-hybridized carbons (Fsp3) is 0.200. The average molecular weight is 287 g/mol. The number of nitrogens with one attached hydrogen (secondary N) is 1. The smallest absolute Gasteiger partial charge is 0.339 e. The number of H-pyrrole nitrogens is 1. The predicted octanol–water partition coefficient (Wildman–Crippen LogP) is 2.64. The van der Waals surface area contributed by atoms with Gasteiger partial charge in [-0.25, -0.2) is 9.78 Å². The van der Waals surface area contributed by atoms with E-state index < -0.39 is 12.0 Å². The van der Waals surface area contributed by atoms with E-state index in [1.165, 1.54) is 0 Å². The van der Waals surface area contributed by atoms with Crippen molar-refractivity contribution in [3.8, 4) is 0 Å². The molecule has 0 fully saturated rings. The second-order valence-electron chi connectivity index (χ2n) is 3.07. The van der Waals surface area contributed by atoms with E-state index in [4.69, 9.17) is 4.74 Å². The van der Waals surface area contributed by atoms with Gasteiger partial charge in [0.25, 0.3) is 6.08 Å². The van der Waals surface area contributed by atoms with Gasteiger partial charge in [-0.1, -0.05) is 0 Å². The van der Waals surface area contributed by atoms with Crippen molar-refractivity contribution in [3.05, 3.63) is 28.2 Å². The van der Waals surface area contributed by atoms with Crippen molar-refractivity contribution < 1.29 is 13.9 Å². The number of carbonyl (C=O) groups excluding carboxylic acids is 1. The average Bonchev–Trinajstić information content (AvgIpc) is 2.60. The van der Waals surface area contributed by atoms with E-state index in [0.29, 0.717) is 21.1 Å². The fourth-order valence-electron chi connectivity index (χ4n) is 1.38. The van der Waals surface area contributed by atoms with Gasteiger partial charge in [0.1, 0.15) is 5.52 Å². The molecule has 2 rings (SSSR count). The van der Waals surface area contributed by atoms with Crippen LogP contribution in [-0.2, 0) is 4.74 Å². The third-order valence-electron chi connectivity index (χ3n) is 2.06. The molecule has 0 bridgehead atoms.